The minimum absolute atomic E-state index is 0. The number of hydrogen-bond donors (Lipinski definition) is 2. The predicted molar refractivity (Wildman–Crippen MR) is 59.7 cm³/mol. The monoisotopic (exact) mass is 424 g/mol. The van der Waals surface area contributed by atoms with E-state index in [1.54, 1.807) is 0 Å². The Labute approximate surface area is 159 Å². The van der Waals surface area contributed by atoms with E-state index in [4.69, 9.17) is 10.8 Å². The first-order chi connectivity index (χ1) is 9.07. The van der Waals surface area contributed by atoms with Gasteiger partial charge in [0.1, 0.15) is 11.9 Å². The summed E-state index contributed by atoms with van der Waals surface area (Å²) in [5.41, 5.74) is 0. The molecule has 0 spiro atoms. The van der Waals surface area contributed by atoms with E-state index in [0.29, 0.717) is 0 Å². The number of aliphatic carboxylic acids is 2. The standard InChI is InChI=1S/2C5H7NO4.Ba/c2*6-4(8)2-1-3(7)5(9)10;/h2*1-2H2,(H2,6,8)(H,9,10);/q;;+2/p-4. The van der Waals surface area contributed by atoms with E-state index < -0.39 is 48.1 Å². The van der Waals surface area contributed by atoms with Crippen molar-refractivity contribution in [1.82, 2.24) is 0 Å². The van der Waals surface area contributed by atoms with Gasteiger partial charge in [0.2, 0.25) is 0 Å². The second-order valence-electron chi connectivity index (χ2n) is 3.27. The van der Waals surface area contributed by atoms with Crippen molar-refractivity contribution in [3.63, 3.8) is 0 Å². The topological polar surface area (TPSA) is 208 Å². The van der Waals surface area contributed by atoms with Gasteiger partial charge in [-0.2, -0.15) is 0 Å². The Kier molecular flexibility index (Phi) is 16.2. The van der Waals surface area contributed by atoms with Gasteiger partial charge in [-0.05, 0) is 24.6 Å². The van der Waals surface area contributed by atoms with Gasteiger partial charge in [-0.1, -0.05) is 0 Å². The van der Waals surface area contributed by atoms with E-state index in [0.717, 1.165) is 0 Å². The van der Waals surface area contributed by atoms with Crippen molar-refractivity contribution in [3.05, 3.63) is 0 Å². The van der Waals surface area contributed by atoms with E-state index in [9.17, 15) is 39.6 Å². The maximum atomic E-state index is 10.1. The number of hydrogen-bond acceptors (Lipinski definition) is 10. The molecular weight excluding hydrogens is 413 g/mol. The molecule has 0 amide bonds. The third-order valence-corrected chi connectivity index (χ3v) is 1.61. The van der Waals surface area contributed by atoms with Crippen LogP contribution in [0.15, 0.2) is 0 Å². The van der Waals surface area contributed by atoms with Crippen molar-refractivity contribution in [3.8, 4) is 0 Å². The van der Waals surface area contributed by atoms with Crippen LogP contribution in [0.2, 0.25) is 0 Å². The van der Waals surface area contributed by atoms with Crippen LogP contribution < -0.4 is 20.4 Å². The summed E-state index contributed by atoms with van der Waals surface area (Å²) in [4.78, 5) is 39.7. The molecule has 0 fully saturated rings. The zero-order valence-corrected chi connectivity index (χ0v) is 15.2. The van der Waals surface area contributed by atoms with Gasteiger partial charge in [-0.3, -0.25) is 9.59 Å². The van der Waals surface area contributed by atoms with E-state index in [2.05, 4.69) is 0 Å². The van der Waals surface area contributed by atoms with E-state index in [1.807, 2.05) is 0 Å². The molecule has 0 aromatic carbocycles. The smallest absolute Gasteiger partial charge is 0.862 e. The summed E-state index contributed by atoms with van der Waals surface area (Å²) in [5.74, 6) is -7.78. The maximum Gasteiger partial charge on any atom is 2.00 e. The zero-order valence-electron chi connectivity index (χ0n) is 10.8. The van der Waals surface area contributed by atoms with Gasteiger partial charge < -0.3 is 40.8 Å². The van der Waals surface area contributed by atoms with Crippen LogP contribution in [0.5, 0.6) is 0 Å². The number of rotatable bonds is 8. The average Bonchev–Trinajstić information content (AvgIpc) is 2.33. The Bertz CT molecular complexity index is 395. The van der Waals surface area contributed by atoms with Crippen LogP contribution in [0.3, 0.4) is 0 Å². The van der Waals surface area contributed by atoms with Gasteiger partial charge in [0.15, 0.2) is 11.6 Å². The molecule has 2 N–H and O–H groups in total. The summed E-state index contributed by atoms with van der Waals surface area (Å²) in [5, 5.41) is 51.7. The Morgan fingerprint density at radius 1 is 0.619 bits per heavy atom. The molecule has 0 heterocycles. The first-order valence-corrected chi connectivity index (χ1v) is 5.05. The quantitative estimate of drug-likeness (QED) is 0.166. The Hall–Kier alpha value is -1.21. The number of nitrogens with one attached hydrogen (secondary N) is 2. The molecule has 0 saturated heterocycles. The van der Waals surface area contributed by atoms with Gasteiger partial charge >= 0.3 is 48.9 Å². The minimum Gasteiger partial charge on any atom is -0.862 e. The molecule has 21 heavy (non-hydrogen) atoms. The normalized spacial score (nSPS) is 8.38. The Morgan fingerprint density at radius 3 is 1.00 bits per heavy atom. The first-order valence-electron chi connectivity index (χ1n) is 5.05. The van der Waals surface area contributed by atoms with Gasteiger partial charge in [-0.25, -0.2) is 0 Å². The molecule has 10 nitrogen and oxygen atoms in total. The molecule has 0 aromatic heterocycles. The van der Waals surface area contributed by atoms with Gasteiger partial charge in [-0.15, -0.1) is 0 Å². The summed E-state index contributed by atoms with van der Waals surface area (Å²) in [7, 11) is 0. The molecule has 0 radical (unpaired) electrons. The third-order valence-electron chi connectivity index (χ3n) is 1.61. The molecule has 0 unspecified atom stereocenters. The zero-order chi connectivity index (χ0) is 16.3. The van der Waals surface area contributed by atoms with Crippen LogP contribution in [0.1, 0.15) is 25.7 Å². The number of carboxylic acid groups (broad SMARTS) is 2. The van der Waals surface area contributed by atoms with Crippen molar-refractivity contribution >= 4 is 84.2 Å². The SMILES string of the molecule is N=C([O-])CCC(=O)C(=O)[O-].N=C([O-])CCC(=O)C(=O)[O-].[Ba+2]. The summed E-state index contributed by atoms with van der Waals surface area (Å²) < 4.78 is 0. The Balaban J connectivity index is -0.000000295. The third kappa shape index (κ3) is 18.8. The maximum absolute atomic E-state index is 10.1. The summed E-state index contributed by atoms with van der Waals surface area (Å²) in [6, 6.07) is 0. The fraction of sp³-hybridized carbons (Fsp3) is 0.400. The fourth-order valence-corrected chi connectivity index (χ4v) is 0.658. The molecule has 0 aliphatic heterocycles. The fourth-order valence-electron chi connectivity index (χ4n) is 0.658. The first kappa shape index (κ1) is 24.8. The molecule has 112 valence electrons. The van der Waals surface area contributed by atoms with Gasteiger partial charge in [0.25, 0.3) is 0 Å². The molecule has 0 rings (SSSR count). The van der Waals surface area contributed by atoms with Gasteiger partial charge in [0.05, 0.1) is 0 Å². The van der Waals surface area contributed by atoms with Crippen molar-refractivity contribution in [1.29, 1.82) is 10.8 Å². The van der Waals surface area contributed by atoms with Crippen LogP contribution in [0.25, 0.3) is 0 Å². The second-order valence-corrected chi connectivity index (χ2v) is 3.27. The summed E-state index contributed by atoms with van der Waals surface area (Å²) in [6.07, 6.45) is -1.59. The molecule has 0 aliphatic carbocycles. The summed E-state index contributed by atoms with van der Waals surface area (Å²) >= 11 is 0. The van der Waals surface area contributed by atoms with Crippen LogP contribution in [-0.2, 0) is 19.2 Å². The number of ketones is 2. The second kappa shape index (κ2) is 13.8. The van der Waals surface area contributed by atoms with Crippen LogP contribution in [-0.4, -0.2) is 84.2 Å². The molecule has 11 heteroatoms. The molecule has 0 aromatic rings. The molecule has 0 aliphatic rings. The molecule has 0 saturated carbocycles. The largest absolute Gasteiger partial charge is 2.00 e. The van der Waals surface area contributed by atoms with Crippen LogP contribution in [0.4, 0.5) is 0 Å². The molecule has 0 bridgehead atoms. The van der Waals surface area contributed by atoms with Crippen molar-refractivity contribution < 1.29 is 39.6 Å². The van der Waals surface area contributed by atoms with Crippen molar-refractivity contribution in [2.24, 2.45) is 0 Å². The minimum atomic E-state index is -1.80. The average molecular weight is 424 g/mol. The van der Waals surface area contributed by atoms with Crippen LogP contribution in [0, 0.1) is 10.8 Å². The number of carboxylic acids is 2. The Morgan fingerprint density at radius 2 is 0.857 bits per heavy atom. The molecule has 0 atom stereocenters. The van der Waals surface area contributed by atoms with Crippen molar-refractivity contribution in [2.45, 2.75) is 25.7 Å². The number of carbonyl (C=O) groups is 4. The summed E-state index contributed by atoms with van der Waals surface area (Å²) in [6.45, 7) is 0. The number of Topliss-reactive ketones (excluding diaryl/α,β-unsaturated/α-hetero) is 2. The van der Waals surface area contributed by atoms with E-state index in [-0.39, 0.29) is 61.7 Å². The van der Waals surface area contributed by atoms with Crippen LogP contribution >= 0.6 is 0 Å². The van der Waals surface area contributed by atoms with Gasteiger partial charge in [0, 0.05) is 12.8 Å². The van der Waals surface area contributed by atoms with E-state index in [1.165, 1.54) is 0 Å². The van der Waals surface area contributed by atoms with Crippen molar-refractivity contribution in [2.75, 3.05) is 0 Å². The molecular formula is C10H10BaN2O8-2. The van der Waals surface area contributed by atoms with E-state index >= 15 is 0 Å². The number of carbonyl (C=O) groups excluding carboxylic acids is 4. The predicted octanol–water partition coefficient (Wildman–Crippen LogP) is -5.53.